The van der Waals surface area contributed by atoms with E-state index < -0.39 is 22.0 Å². The number of amides is 2. The van der Waals surface area contributed by atoms with E-state index in [2.05, 4.69) is 15.6 Å². The van der Waals surface area contributed by atoms with Crippen molar-refractivity contribution in [2.45, 2.75) is 13.0 Å². The van der Waals surface area contributed by atoms with Crippen molar-refractivity contribution in [2.75, 3.05) is 43.4 Å². The second-order valence-corrected chi connectivity index (χ2v) is 9.33. The molecule has 9 nitrogen and oxygen atoms in total. The number of benzene rings is 1. The van der Waals surface area contributed by atoms with Gasteiger partial charge in [-0.05, 0) is 31.2 Å². The fourth-order valence-corrected chi connectivity index (χ4v) is 4.59. The second kappa shape index (κ2) is 10.4. The minimum absolute atomic E-state index is 0.0207. The smallest absolute Gasteiger partial charge is 0.251 e. The lowest BCUT2D eigenvalue weighted by Crippen LogP contribution is -2.51. The third kappa shape index (κ3) is 6.25. The number of carbonyl (C=O) groups excluding carboxylic acids is 2. The summed E-state index contributed by atoms with van der Waals surface area (Å²) < 4.78 is 26.7. The van der Waals surface area contributed by atoms with Crippen LogP contribution in [0.3, 0.4) is 0 Å². The molecule has 0 unspecified atom stereocenters. The first-order valence-corrected chi connectivity index (χ1v) is 11.7. The summed E-state index contributed by atoms with van der Waals surface area (Å²) in [6.07, 6.45) is 1.71. The van der Waals surface area contributed by atoms with E-state index in [1.165, 1.54) is 4.31 Å². The van der Waals surface area contributed by atoms with Gasteiger partial charge in [-0.3, -0.25) is 9.59 Å². The molecule has 1 aliphatic heterocycles. The third-order valence-corrected chi connectivity index (χ3v) is 6.91. The largest absolute Gasteiger partial charge is 0.354 e. The Morgan fingerprint density at radius 1 is 1.03 bits per heavy atom. The first-order chi connectivity index (χ1) is 14.9. The van der Waals surface area contributed by atoms with Gasteiger partial charge >= 0.3 is 0 Å². The lowest BCUT2D eigenvalue weighted by atomic mass is 10.2. The van der Waals surface area contributed by atoms with Crippen molar-refractivity contribution in [1.82, 2.24) is 19.9 Å². The van der Waals surface area contributed by atoms with E-state index in [0.717, 1.165) is 5.82 Å². The first-order valence-electron chi connectivity index (χ1n) is 10.1. The zero-order chi connectivity index (χ0) is 22.3. The average Bonchev–Trinajstić information content (AvgIpc) is 2.80. The van der Waals surface area contributed by atoms with E-state index in [0.29, 0.717) is 31.7 Å². The topological polar surface area (TPSA) is 112 Å². The number of aromatic nitrogens is 1. The van der Waals surface area contributed by atoms with Gasteiger partial charge in [-0.1, -0.05) is 24.3 Å². The van der Waals surface area contributed by atoms with Crippen molar-refractivity contribution in [3.63, 3.8) is 0 Å². The fraction of sp³-hybridized carbons (Fsp3) is 0.381. The molecule has 2 N–H and O–H groups in total. The summed E-state index contributed by atoms with van der Waals surface area (Å²) in [5.74, 6) is -0.152. The molecule has 1 aromatic heterocycles. The normalized spacial score (nSPS) is 15.8. The molecule has 1 aliphatic rings. The zero-order valence-corrected chi connectivity index (χ0v) is 18.2. The Morgan fingerprint density at radius 3 is 2.35 bits per heavy atom. The highest BCUT2D eigenvalue weighted by Crippen LogP contribution is 2.14. The van der Waals surface area contributed by atoms with E-state index in [1.807, 2.05) is 23.1 Å². The van der Waals surface area contributed by atoms with Gasteiger partial charge in [0.1, 0.15) is 11.9 Å². The number of piperazine rings is 1. The molecule has 1 atom stereocenters. The molecule has 0 spiro atoms. The van der Waals surface area contributed by atoms with Crippen LogP contribution in [0.5, 0.6) is 0 Å². The van der Waals surface area contributed by atoms with Crippen LogP contribution in [0.2, 0.25) is 0 Å². The monoisotopic (exact) mass is 445 g/mol. The van der Waals surface area contributed by atoms with E-state index in [9.17, 15) is 18.0 Å². The van der Waals surface area contributed by atoms with Crippen LogP contribution in [-0.4, -0.2) is 74.0 Å². The van der Waals surface area contributed by atoms with Crippen LogP contribution >= 0.6 is 0 Å². The number of rotatable bonds is 8. The van der Waals surface area contributed by atoms with Gasteiger partial charge in [-0.25, -0.2) is 13.4 Å². The summed E-state index contributed by atoms with van der Waals surface area (Å²) in [4.78, 5) is 30.7. The molecule has 2 aromatic rings. The van der Waals surface area contributed by atoms with Crippen LogP contribution in [0, 0.1) is 0 Å². The molecule has 1 fully saturated rings. The van der Waals surface area contributed by atoms with E-state index in [1.54, 1.807) is 43.5 Å². The van der Waals surface area contributed by atoms with E-state index >= 15 is 0 Å². The second-order valence-electron chi connectivity index (χ2n) is 7.24. The minimum Gasteiger partial charge on any atom is -0.354 e. The number of hydrogen-bond acceptors (Lipinski definition) is 6. The maximum atomic E-state index is 12.6. The molecule has 2 heterocycles. The van der Waals surface area contributed by atoms with Crippen LogP contribution < -0.4 is 15.5 Å². The van der Waals surface area contributed by atoms with Crippen molar-refractivity contribution in [3.8, 4) is 0 Å². The van der Waals surface area contributed by atoms with E-state index in [-0.39, 0.29) is 18.2 Å². The third-order valence-electron chi connectivity index (χ3n) is 5.04. The zero-order valence-electron chi connectivity index (χ0n) is 17.4. The SMILES string of the molecule is C[C@H](NC(=O)c1ccccc1)C(=O)NCCS(=O)(=O)N1CCN(c2ccccn2)CC1. The molecule has 1 aromatic carbocycles. The van der Waals surface area contributed by atoms with Gasteiger partial charge in [0.15, 0.2) is 0 Å². The molecule has 0 aliphatic carbocycles. The van der Waals surface area contributed by atoms with Crippen molar-refractivity contribution < 1.29 is 18.0 Å². The predicted octanol–water partition coefficient (Wildman–Crippen LogP) is 0.468. The summed E-state index contributed by atoms with van der Waals surface area (Å²) in [6, 6.07) is 13.4. The van der Waals surface area contributed by atoms with Crippen molar-refractivity contribution in [3.05, 3.63) is 60.3 Å². The lowest BCUT2D eigenvalue weighted by Gasteiger charge is -2.34. The summed E-state index contributed by atoms with van der Waals surface area (Å²) >= 11 is 0. The Balaban J connectivity index is 1.42. The van der Waals surface area contributed by atoms with Gasteiger partial charge < -0.3 is 15.5 Å². The molecule has 0 bridgehead atoms. The number of anilines is 1. The maximum absolute atomic E-state index is 12.6. The van der Waals surface area contributed by atoms with Crippen molar-refractivity contribution in [1.29, 1.82) is 0 Å². The van der Waals surface area contributed by atoms with Crippen LogP contribution in [0.4, 0.5) is 5.82 Å². The number of hydrogen-bond donors (Lipinski definition) is 2. The Kier molecular flexibility index (Phi) is 7.59. The Morgan fingerprint density at radius 2 is 1.71 bits per heavy atom. The molecule has 0 saturated carbocycles. The van der Waals surface area contributed by atoms with Crippen LogP contribution in [0.25, 0.3) is 0 Å². The molecule has 0 radical (unpaired) electrons. The van der Waals surface area contributed by atoms with Crippen LogP contribution in [0.15, 0.2) is 54.7 Å². The molecule has 3 rings (SSSR count). The molecule has 1 saturated heterocycles. The summed E-state index contributed by atoms with van der Waals surface area (Å²) in [5, 5.41) is 5.19. The Bertz CT molecular complexity index is 977. The number of pyridine rings is 1. The molecule has 10 heteroatoms. The lowest BCUT2D eigenvalue weighted by molar-refractivity contribution is -0.122. The maximum Gasteiger partial charge on any atom is 0.251 e. The molecule has 166 valence electrons. The first kappa shape index (κ1) is 22.7. The van der Waals surface area contributed by atoms with Gasteiger partial charge in [-0.2, -0.15) is 4.31 Å². The summed E-state index contributed by atoms with van der Waals surface area (Å²) in [6.45, 7) is 3.40. The van der Waals surface area contributed by atoms with Crippen LogP contribution in [-0.2, 0) is 14.8 Å². The number of sulfonamides is 1. The molecule has 2 amide bonds. The molecule has 31 heavy (non-hydrogen) atoms. The van der Waals surface area contributed by atoms with Crippen molar-refractivity contribution >= 4 is 27.7 Å². The summed E-state index contributed by atoms with van der Waals surface area (Å²) in [7, 11) is -3.49. The van der Waals surface area contributed by atoms with E-state index in [4.69, 9.17) is 0 Å². The Hall–Kier alpha value is -2.98. The molecular formula is C21H27N5O4S. The van der Waals surface area contributed by atoms with Gasteiger partial charge in [0, 0.05) is 44.5 Å². The quantitative estimate of drug-likeness (QED) is 0.611. The van der Waals surface area contributed by atoms with Gasteiger partial charge in [0.2, 0.25) is 15.9 Å². The molecular weight excluding hydrogens is 418 g/mol. The van der Waals surface area contributed by atoms with Gasteiger partial charge in [0.05, 0.1) is 5.75 Å². The highest BCUT2D eigenvalue weighted by Gasteiger charge is 2.27. The van der Waals surface area contributed by atoms with Crippen molar-refractivity contribution in [2.24, 2.45) is 0 Å². The predicted molar refractivity (Wildman–Crippen MR) is 118 cm³/mol. The highest BCUT2D eigenvalue weighted by atomic mass is 32.2. The number of nitrogens with zero attached hydrogens (tertiary/aromatic N) is 3. The average molecular weight is 446 g/mol. The van der Waals surface area contributed by atoms with Gasteiger partial charge in [-0.15, -0.1) is 0 Å². The fourth-order valence-electron chi connectivity index (χ4n) is 3.26. The standard InChI is InChI=1S/C21H27N5O4S/c1-17(24-21(28)18-7-3-2-4-8-18)20(27)23-11-16-31(29,30)26-14-12-25(13-15-26)19-9-5-6-10-22-19/h2-10,17H,11-16H2,1H3,(H,23,27)(H,24,28)/t17-/m0/s1. The van der Waals surface area contributed by atoms with Crippen LogP contribution in [0.1, 0.15) is 17.3 Å². The number of carbonyl (C=O) groups is 2. The highest BCUT2D eigenvalue weighted by molar-refractivity contribution is 7.89. The van der Waals surface area contributed by atoms with Gasteiger partial charge in [0.25, 0.3) is 5.91 Å². The Labute approximate surface area is 182 Å². The summed E-state index contributed by atoms with van der Waals surface area (Å²) in [5.41, 5.74) is 0.453. The number of nitrogens with one attached hydrogen (secondary N) is 2. The minimum atomic E-state index is -3.49.